The fourth-order valence-corrected chi connectivity index (χ4v) is 5.60. The Bertz CT molecular complexity index is 1040. The first-order chi connectivity index (χ1) is 17.4. The number of hydrogen-bond acceptors (Lipinski definition) is 6. The van der Waals surface area contributed by atoms with E-state index in [9.17, 15) is 19.5 Å². The first kappa shape index (κ1) is 29.2. The summed E-state index contributed by atoms with van der Waals surface area (Å²) in [6.45, 7) is 11.5. The van der Waals surface area contributed by atoms with Gasteiger partial charge in [-0.15, -0.1) is 11.3 Å². The second-order valence-electron chi connectivity index (χ2n) is 11.1. The van der Waals surface area contributed by atoms with Gasteiger partial charge in [0, 0.05) is 31.5 Å². The number of rotatable bonds is 7. The summed E-state index contributed by atoms with van der Waals surface area (Å²) in [7, 11) is 1.50. The zero-order chi connectivity index (χ0) is 27.3. The Balaban J connectivity index is 2.14. The van der Waals surface area contributed by atoms with Crippen LogP contribution >= 0.6 is 11.3 Å². The molecule has 2 amide bonds. The van der Waals surface area contributed by atoms with Crippen LogP contribution in [-0.2, 0) is 19.1 Å². The Morgan fingerprint density at radius 3 is 2.35 bits per heavy atom. The van der Waals surface area contributed by atoms with E-state index in [1.54, 1.807) is 17.9 Å². The highest BCUT2D eigenvalue weighted by molar-refractivity contribution is 7.15. The third-order valence-electron chi connectivity index (χ3n) is 7.00. The Kier molecular flexibility index (Phi) is 9.79. The molecule has 204 valence electrons. The van der Waals surface area contributed by atoms with E-state index in [1.807, 2.05) is 20.8 Å². The number of carboxylic acid groups (broad SMARTS) is 1. The lowest BCUT2D eigenvalue weighted by atomic mass is 9.82. The summed E-state index contributed by atoms with van der Waals surface area (Å²) in [4.78, 5) is 44.2. The molecule has 2 aliphatic rings. The Morgan fingerprint density at radius 2 is 1.81 bits per heavy atom. The summed E-state index contributed by atoms with van der Waals surface area (Å²) < 4.78 is 11.1. The van der Waals surface area contributed by atoms with Crippen LogP contribution in [-0.4, -0.2) is 73.3 Å². The molecular formula is C28H40N2O6S. The average molecular weight is 533 g/mol. The van der Waals surface area contributed by atoms with Crippen LogP contribution in [0.5, 0.6) is 0 Å². The maximum atomic E-state index is 14.2. The van der Waals surface area contributed by atoms with Crippen molar-refractivity contribution in [1.82, 2.24) is 4.90 Å². The highest BCUT2D eigenvalue weighted by atomic mass is 32.1. The van der Waals surface area contributed by atoms with Crippen LogP contribution in [0, 0.1) is 29.1 Å². The second kappa shape index (κ2) is 12.4. The Labute approximate surface area is 224 Å². The summed E-state index contributed by atoms with van der Waals surface area (Å²) >= 11 is 1.03. The van der Waals surface area contributed by atoms with E-state index >= 15 is 0 Å². The molecule has 0 spiro atoms. The van der Waals surface area contributed by atoms with Crippen molar-refractivity contribution >= 4 is 34.8 Å². The number of amides is 2. The number of morpholine rings is 1. The van der Waals surface area contributed by atoms with Gasteiger partial charge in [0.15, 0.2) is 0 Å². The number of ether oxygens (including phenoxy) is 2. The molecule has 2 atom stereocenters. The van der Waals surface area contributed by atoms with Crippen molar-refractivity contribution < 1.29 is 29.0 Å². The molecule has 1 aromatic rings. The monoisotopic (exact) mass is 532 g/mol. The molecule has 1 saturated heterocycles. The third kappa shape index (κ3) is 7.34. The molecule has 37 heavy (non-hydrogen) atoms. The fourth-order valence-electron chi connectivity index (χ4n) is 4.75. The number of nitrogens with zero attached hydrogens (tertiary/aromatic N) is 2. The van der Waals surface area contributed by atoms with Crippen molar-refractivity contribution in [1.29, 1.82) is 0 Å². The largest absolute Gasteiger partial charge is 0.477 e. The quantitative estimate of drug-likeness (QED) is 0.527. The summed E-state index contributed by atoms with van der Waals surface area (Å²) in [5, 5.41) is 10.1. The SMILES string of the molecule is CO[C@H](C)[C@@H](C(=O)N1CCOCC1)N(c1cc(C#CC(C)(C)C)sc1C(=O)O)C(=O)[C@H]1CC[C@H](C)CC1. The number of carbonyl (C=O) groups is 3. The predicted molar refractivity (Wildman–Crippen MR) is 144 cm³/mol. The van der Waals surface area contributed by atoms with Crippen LogP contribution in [0.4, 0.5) is 5.69 Å². The van der Waals surface area contributed by atoms with Crippen molar-refractivity contribution in [2.75, 3.05) is 38.3 Å². The molecule has 1 aliphatic heterocycles. The van der Waals surface area contributed by atoms with Crippen molar-refractivity contribution in [2.24, 2.45) is 17.3 Å². The van der Waals surface area contributed by atoms with Gasteiger partial charge in [-0.2, -0.15) is 0 Å². The molecule has 9 heteroatoms. The minimum absolute atomic E-state index is 0.00110. The highest BCUT2D eigenvalue weighted by Gasteiger charge is 2.43. The van der Waals surface area contributed by atoms with Crippen molar-refractivity contribution in [3.8, 4) is 11.8 Å². The third-order valence-corrected chi connectivity index (χ3v) is 8.03. The van der Waals surface area contributed by atoms with Gasteiger partial charge in [-0.25, -0.2) is 4.79 Å². The lowest BCUT2D eigenvalue weighted by Gasteiger charge is -2.40. The first-order valence-electron chi connectivity index (χ1n) is 13.1. The molecule has 2 fully saturated rings. The van der Waals surface area contributed by atoms with Gasteiger partial charge in [0.2, 0.25) is 11.8 Å². The smallest absolute Gasteiger partial charge is 0.348 e. The molecule has 0 radical (unpaired) electrons. The van der Waals surface area contributed by atoms with Gasteiger partial charge in [-0.05, 0) is 65.4 Å². The molecule has 2 heterocycles. The summed E-state index contributed by atoms with van der Waals surface area (Å²) in [6, 6.07) is 0.643. The van der Waals surface area contributed by atoms with Crippen LogP contribution in [0.3, 0.4) is 0 Å². The molecule has 0 unspecified atom stereocenters. The summed E-state index contributed by atoms with van der Waals surface area (Å²) in [6.07, 6.45) is 2.60. The number of hydrogen-bond donors (Lipinski definition) is 1. The van der Waals surface area contributed by atoms with Crippen LogP contribution < -0.4 is 4.90 Å². The van der Waals surface area contributed by atoms with E-state index in [-0.39, 0.29) is 33.7 Å². The van der Waals surface area contributed by atoms with Crippen LogP contribution in [0.25, 0.3) is 0 Å². The summed E-state index contributed by atoms with van der Waals surface area (Å²) in [5.74, 6) is 4.83. The molecular weight excluding hydrogens is 492 g/mol. The normalized spacial score (nSPS) is 21.9. The molecule has 1 saturated carbocycles. The molecule has 8 nitrogen and oxygen atoms in total. The van der Waals surface area contributed by atoms with E-state index in [2.05, 4.69) is 18.8 Å². The van der Waals surface area contributed by atoms with E-state index in [0.717, 1.165) is 24.2 Å². The lowest BCUT2D eigenvalue weighted by Crippen LogP contribution is -2.59. The topological polar surface area (TPSA) is 96.4 Å². The average Bonchev–Trinajstić information content (AvgIpc) is 3.29. The van der Waals surface area contributed by atoms with E-state index in [0.29, 0.717) is 49.9 Å². The second-order valence-corrected chi connectivity index (χ2v) is 12.2. The van der Waals surface area contributed by atoms with Crippen molar-refractivity contribution in [3.63, 3.8) is 0 Å². The zero-order valence-corrected chi connectivity index (χ0v) is 23.7. The first-order valence-corrected chi connectivity index (χ1v) is 13.9. The fraction of sp³-hybridized carbons (Fsp3) is 0.679. The van der Waals surface area contributed by atoms with Crippen molar-refractivity contribution in [3.05, 3.63) is 15.8 Å². The molecule has 0 bridgehead atoms. The molecule has 0 aromatic carbocycles. The van der Waals surface area contributed by atoms with Gasteiger partial charge in [-0.3, -0.25) is 14.5 Å². The molecule has 3 rings (SSSR count). The Morgan fingerprint density at radius 1 is 1.19 bits per heavy atom. The minimum Gasteiger partial charge on any atom is -0.477 e. The van der Waals surface area contributed by atoms with Crippen LogP contribution in [0.1, 0.15) is 74.9 Å². The molecule has 1 N–H and O–H groups in total. The van der Waals surface area contributed by atoms with E-state index in [4.69, 9.17) is 9.47 Å². The van der Waals surface area contributed by atoms with Gasteiger partial charge in [0.1, 0.15) is 10.9 Å². The van der Waals surface area contributed by atoms with Gasteiger partial charge < -0.3 is 19.5 Å². The lowest BCUT2D eigenvalue weighted by molar-refractivity contribution is -0.142. The van der Waals surface area contributed by atoms with Crippen LogP contribution in [0.15, 0.2) is 6.07 Å². The van der Waals surface area contributed by atoms with Crippen molar-refractivity contribution in [2.45, 2.75) is 72.4 Å². The van der Waals surface area contributed by atoms with E-state index < -0.39 is 18.1 Å². The zero-order valence-electron chi connectivity index (χ0n) is 22.8. The minimum atomic E-state index is -1.15. The maximum absolute atomic E-state index is 14.2. The summed E-state index contributed by atoms with van der Waals surface area (Å²) in [5.41, 5.74) is -0.0591. The standard InChI is InChI=1S/C28H40N2O6S/c1-18-7-9-20(10-8-18)25(31)30(23(19(2)35-6)26(32)29-13-15-36-16-14-29)22-17-21(11-12-28(3,4)5)37-24(22)27(33)34/h17-20,23H,7-10,13-16H2,1-6H3,(H,33,34)/t18-,19-,20-,23+/m1/s1. The number of carboxylic acids is 1. The number of aromatic carboxylic acids is 1. The maximum Gasteiger partial charge on any atom is 0.348 e. The number of carbonyl (C=O) groups excluding carboxylic acids is 2. The van der Waals surface area contributed by atoms with Gasteiger partial charge in [-0.1, -0.05) is 18.8 Å². The van der Waals surface area contributed by atoms with Gasteiger partial charge in [0.05, 0.1) is 29.9 Å². The predicted octanol–water partition coefficient (Wildman–Crippen LogP) is 4.27. The van der Waals surface area contributed by atoms with E-state index in [1.165, 1.54) is 12.0 Å². The highest BCUT2D eigenvalue weighted by Crippen LogP contribution is 2.37. The van der Waals surface area contributed by atoms with Crippen LogP contribution in [0.2, 0.25) is 0 Å². The number of thiophene rings is 1. The Hall–Kier alpha value is -2.41. The number of methoxy groups -OCH3 is 1. The van der Waals surface area contributed by atoms with Gasteiger partial charge >= 0.3 is 5.97 Å². The molecule has 1 aromatic heterocycles. The number of anilines is 1. The van der Waals surface area contributed by atoms with Gasteiger partial charge in [0.25, 0.3) is 0 Å². The molecule has 1 aliphatic carbocycles.